The predicted molar refractivity (Wildman–Crippen MR) is 81.8 cm³/mol. The largest absolute Gasteiger partial charge is 0.374 e. The molecule has 0 amide bonds. The number of hydrogen-bond acceptors (Lipinski definition) is 3. The minimum atomic E-state index is -0.0693. The van der Waals surface area contributed by atoms with Crippen molar-refractivity contribution in [3.63, 3.8) is 0 Å². The van der Waals surface area contributed by atoms with Crippen LogP contribution in [0.5, 0.6) is 0 Å². The highest BCUT2D eigenvalue weighted by atomic mass is 16.5. The van der Waals surface area contributed by atoms with E-state index in [-0.39, 0.29) is 11.6 Å². The van der Waals surface area contributed by atoms with Gasteiger partial charge in [0, 0.05) is 6.61 Å². The van der Waals surface area contributed by atoms with E-state index in [0.717, 1.165) is 38.7 Å². The van der Waals surface area contributed by atoms with Crippen LogP contribution in [0.1, 0.15) is 65.7 Å². The van der Waals surface area contributed by atoms with Crippen LogP contribution in [0.2, 0.25) is 0 Å². The van der Waals surface area contributed by atoms with Crippen molar-refractivity contribution in [1.29, 1.82) is 0 Å². The van der Waals surface area contributed by atoms with Crippen LogP contribution in [0.3, 0.4) is 0 Å². The molecule has 0 aliphatic heterocycles. The Kier molecular flexibility index (Phi) is 6.51. The Hall–Kier alpha value is -0.380. The summed E-state index contributed by atoms with van der Waals surface area (Å²) in [6.45, 7) is 11.3. The zero-order valence-corrected chi connectivity index (χ0v) is 13.0. The molecule has 0 aromatic carbocycles. The molecule has 0 aromatic heterocycles. The fraction of sp³-hybridized carbons (Fsp3) is 0.875. The second kappa shape index (κ2) is 7.41. The summed E-state index contributed by atoms with van der Waals surface area (Å²) in [6, 6.07) is 0.253. The summed E-state index contributed by atoms with van der Waals surface area (Å²) in [5.74, 6) is 5.81. The van der Waals surface area contributed by atoms with Crippen molar-refractivity contribution >= 4 is 0 Å². The van der Waals surface area contributed by atoms with E-state index in [0.29, 0.717) is 5.41 Å². The fourth-order valence-corrected chi connectivity index (χ4v) is 3.20. The topological polar surface area (TPSA) is 47.3 Å². The third kappa shape index (κ3) is 4.59. The molecule has 0 bridgehead atoms. The molecular formula is C16H32N2O. The van der Waals surface area contributed by atoms with Crippen molar-refractivity contribution in [2.75, 3.05) is 6.61 Å². The van der Waals surface area contributed by atoms with Gasteiger partial charge in [-0.3, -0.25) is 11.3 Å². The Morgan fingerprint density at radius 3 is 2.42 bits per heavy atom. The molecule has 19 heavy (non-hydrogen) atoms. The second-order valence-corrected chi connectivity index (χ2v) is 6.60. The number of nitrogens with two attached hydrogens (primary N) is 1. The van der Waals surface area contributed by atoms with E-state index in [1.165, 1.54) is 12.8 Å². The van der Waals surface area contributed by atoms with Crippen LogP contribution in [0.15, 0.2) is 12.7 Å². The molecule has 3 nitrogen and oxygen atoms in total. The molecule has 1 atom stereocenters. The fourth-order valence-electron chi connectivity index (χ4n) is 3.20. The van der Waals surface area contributed by atoms with Gasteiger partial charge in [-0.2, -0.15) is 0 Å². The molecule has 1 fully saturated rings. The van der Waals surface area contributed by atoms with E-state index in [1.54, 1.807) is 0 Å². The summed E-state index contributed by atoms with van der Waals surface area (Å²) < 4.78 is 6.18. The highest BCUT2D eigenvalue weighted by Gasteiger charge is 2.44. The van der Waals surface area contributed by atoms with Crippen molar-refractivity contribution in [3.8, 4) is 0 Å². The standard InChI is InChI=1S/C16H32N2O/c1-5-7-8-9-14(18-17)16(19-6-2)12-10-15(3,4)11-13-16/h5,14,18H,1,6-13,17H2,2-4H3. The van der Waals surface area contributed by atoms with E-state index < -0.39 is 0 Å². The molecule has 0 spiro atoms. The van der Waals surface area contributed by atoms with Crippen LogP contribution in [-0.2, 0) is 4.74 Å². The van der Waals surface area contributed by atoms with Crippen molar-refractivity contribution in [2.45, 2.75) is 77.4 Å². The highest BCUT2D eigenvalue weighted by Crippen LogP contribution is 2.44. The molecule has 0 aromatic rings. The number of hydrogen-bond donors (Lipinski definition) is 2. The number of hydrazine groups is 1. The highest BCUT2D eigenvalue weighted by molar-refractivity contribution is 4.98. The monoisotopic (exact) mass is 268 g/mol. The van der Waals surface area contributed by atoms with E-state index in [1.807, 2.05) is 6.08 Å². The average molecular weight is 268 g/mol. The van der Waals surface area contributed by atoms with Gasteiger partial charge in [0.2, 0.25) is 0 Å². The van der Waals surface area contributed by atoms with Gasteiger partial charge in [0.25, 0.3) is 0 Å². The number of allylic oxidation sites excluding steroid dienone is 1. The summed E-state index contributed by atoms with van der Waals surface area (Å²) in [7, 11) is 0. The van der Waals surface area contributed by atoms with E-state index >= 15 is 0 Å². The lowest BCUT2D eigenvalue weighted by Gasteiger charge is -2.47. The second-order valence-electron chi connectivity index (χ2n) is 6.60. The Labute approximate surface area is 118 Å². The number of unbranched alkanes of at least 4 members (excludes halogenated alkanes) is 1. The van der Waals surface area contributed by atoms with Crippen molar-refractivity contribution in [3.05, 3.63) is 12.7 Å². The zero-order chi connectivity index (χ0) is 14.4. The summed E-state index contributed by atoms with van der Waals surface area (Å²) in [5.41, 5.74) is 3.40. The first-order valence-electron chi connectivity index (χ1n) is 7.70. The Bertz CT molecular complexity index is 266. The van der Waals surface area contributed by atoms with Gasteiger partial charge in [-0.1, -0.05) is 19.9 Å². The molecule has 1 saturated carbocycles. The number of ether oxygens (including phenoxy) is 1. The SMILES string of the molecule is C=CCCCC(NN)C1(OCC)CCC(C)(C)CC1. The van der Waals surface area contributed by atoms with Gasteiger partial charge >= 0.3 is 0 Å². The zero-order valence-electron chi connectivity index (χ0n) is 13.0. The number of nitrogens with one attached hydrogen (secondary N) is 1. The molecular weight excluding hydrogens is 236 g/mol. The first-order valence-corrected chi connectivity index (χ1v) is 7.70. The van der Waals surface area contributed by atoms with Gasteiger partial charge in [0.1, 0.15) is 0 Å². The maximum Gasteiger partial charge on any atom is 0.0848 e. The first-order chi connectivity index (χ1) is 8.99. The summed E-state index contributed by atoms with van der Waals surface area (Å²) in [5, 5.41) is 0. The molecule has 1 unspecified atom stereocenters. The third-order valence-electron chi connectivity index (χ3n) is 4.62. The maximum absolute atomic E-state index is 6.18. The van der Waals surface area contributed by atoms with E-state index in [2.05, 4.69) is 32.8 Å². The third-order valence-corrected chi connectivity index (χ3v) is 4.62. The molecule has 112 valence electrons. The van der Waals surface area contributed by atoms with Gasteiger partial charge < -0.3 is 4.74 Å². The van der Waals surface area contributed by atoms with Crippen molar-refractivity contribution in [1.82, 2.24) is 5.43 Å². The van der Waals surface area contributed by atoms with Crippen LogP contribution >= 0.6 is 0 Å². The summed E-state index contributed by atoms with van der Waals surface area (Å²) in [4.78, 5) is 0. The molecule has 0 heterocycles. The first kappa shape index (κ1) is 16.7. The van der Waals surface area contributed by atoms with E-state index in [4.69, 9.17) is 10.6 Å². The molecule has 3 heteroatoms. The lowest BCUT2D eigenvalue weighted by Crippen LogP contribution is -2.57. The van der Waals surface area contributed by atoms with E-state index in [9.17, 15) is 0 Å². The van der Waals surface area contributed by atoms with Crippen molar-refractivity contribution < 1.29 is 4.74 Å². The van der Waals surface area contributed by atoms with Crippen molar-refractivity contribution in [2.24, 2.45) is 11.3 Å². The lowest BCUT2D eigenvalue weighted by atomic mass is 9.68. The summed E-state index contributed by atoms with van der Waals surface area (Å²) >= 11 is 0. The molecule has 1 aliphatic rings. The quantitative estimate of drug-likeness (QED) is 0.306. The van der Waals surface area contributed by atoms with Crippen LogP contribution in [0.4, 0.5) is 0 Å². The van der Waals surface area contributed by atoms with Gasteiger partial charge in [-0.25, -0.2) is 0 Å². The van der Waals surface area contributed by atoms with Crippen LogP contribution in [0.25, 0.3) is 0 Å². The van der Waals surface area contributed by atoms with Crippen LogP contribution in [0, 0.1) is 5.41 Å². The minimum absolute atomic E-state index is 0.0693. The average Bonchev–Trinajstić information content (AvgIpc) is 2.38. The van der Waals surface area contributed by atoms with Gasteiger partial charge in [0.05, 0.1) is 11.6 Å². The van der Waals surface area contributed by atoms with Gasteiger partial charge in [0.15, 0.2) is 0 Å². The Morgan fingerprint density at radius 2 is 1.95 bits per heavy atom. The summed E-state index contributed by atoms with van der Waals surface area (Å²) in [6.07, 6.45) is 9.85. The Balaban J connectivity index is 2.70. The number of rotatable bonds is 8. The van der Waals surface area contributed by atoms with Crippen LogP contribution in [-0.4, -0.2) is 18.2 Å². The lowest BCUT2D eigenvalue weighted by molar-refractivity contribution is -0.108. The normalized spacial score (nSPS) is 22.9. The molecule has 0 saturated heterocycles. The molecule has 3 N–H and O–H groups in total. The van der Waals surface area contributed by atoms with Gasteiger partial charge in [-0.05, 0) is 57.3 Å². The minimum Gasteiger partial charge on any atom is -0.374 e. The van der Waals surface area contributed by atoms with Gasteiger partial charge in [-0.15, -0.1) is 6.58 Å². The molecule has 0 radical (unpaired) electrons. The Morgan fingerprint density at radius 1 is 1.32 bits per heavy atom. The predicted octanol–water partition coefficient (Wildman–Crippen LogP) is 3.55. The smallest absolute Gasteiger partial charge is 0.0848 e. The molecule has 1 rings (SSSR count). The van der Waals surface area contributed by atoms with Crippen LogP contribution < -0.4 is 11.3 Å². The maximum atomic E-state index is 6.18. The molecule has 1 aliphatic carbocycles.